The number of dihydropyridines is 1. The second-order valence-corrected chi connectivity index (χ2v) is 8.74. The number of allylic oxidation sites excluding steroid dienone is 3. The van der Waals surface area contributed by atoms with Crippen molar-refractivity contribution < 1.29 is 14.3 Å². The topological polar surface area (TPSA) is 55.4 Å². The first-order valence-corrected chi connectivity index (χ1v) is 9.61. The molecule has 1 aromatic carbocycles. The predicted molar refractivity (Wildman–Crippen MR) is 106 cm³/mol. The Morgan fingerprint density at radius 3 is 2.48 bits per heavy atom. The maximum Gasteiger partial charge on any atom is 0.337 e. The van der Waals surface area contributed by atoms with Crippen molar-refractivity contribution >= 4 is 11.8 Å². The number of hydrogen-bond donors (Lipinski definition) is 1. The molecule has 2 aliphatic rings. The SMILES string of the molecule is CC1=C(C(=O)OC(C)C)[C@@H](c2ccccc2C)C2=C(CC(C)(C)CC2=O)N1. The monoisotopic (exact) mass is 367 g/mol. The molecule has 0 unspecified atom stereocenters. The summed E-state index contributed by atoms with van der Waals surface area (Å²) in [4.78, 5) is 26.1. The molecular weight excluding hydrogens is 338 g/mol. The van der Waals surface area contributed by atoms with Crippen LogP contribution in [0.3, 0.4) is 0 Å². The first-order chi connectivity index (χ1) is 12.6. The fourth-order valence-corrected chi connectivity index (χ4v) is 4.21. The van der Waals surface area contributed by atoms with Crippen LogP contribution in [0.25, 0.3) is 0 Å². The zero-order valence-electron chi connectivity index (χ0n) is 17.1. The van der Waals surface area contributed by atoms with E-state index < -0.39 is 0 Å². The van der Waals surface area contributed by atoms with Crippen molar-refractivity contribution in [1.82, 2.24) is 5.32 Å². The summed E-state index contributed by atoms with van der Waals surface area (Å²) < 4.78 is 5.54. The second kappa shape index (κ2) is 6.99. The number of carbonyl (C=O) groups excluding carboxylic acids is 2. The second-order valence-electron chi connectivity index (χ2n) is 8.74. The standard InChI is InChI=1S/C23H29NO3/c1-13(2)27-22(26)19-15(4)24-17-11-23(5,6)12-18(25)21(17)20(19)16-10-8-7-9-14(16)3/h7-10,13,20,24H,11-12H2,1-6H3/t20-/m1/s1. The molecule has 0 radical (unpaired) electrons. The van der Waals surface area contributed by atoms with Gasteiger partial charge >= 0.3 is 5.97 Å². The Kier molecular flexibility index (Phi) is 5.02. The van der Waals surface area contributed by atoms with E-state index >= 15 is 0 Å². The molecule has 0 spiro atoms. The summed E-state index contributed by atoms with van der Waals surface area (Å²) in [6.07, 6.45) is 1.06. The summed E-state index contributed by atoms with van der Waals surface area (Å²) in [5, 5.41) is 3.37. The molecule has 0 bridgehead atoms. The average Bonchev–Trinajstić information content (AvgIpc) is 2.51. The van der Waals surface area contributed by atoms with Crippen molar-refractivity contribution in [2.45, 2.75) is 66.4 Å². The molecule has 1 aliphatic carbocycles. The molecule has 1 heterocycles. The molecule has 27 heavy (non-hydrogen) atoms. The third-order valence-corrected chi connectivity index (χ3v) is 5.30. The first kappa shape index (κ1) is 19.4. The van der Waals surface area contributed by atoms with Gasteiger partial charge in [-0.3, -0.25) is 4.79 Å². The lowest BCUT2D eigenvalue weighted by Crippen LogP contribution is -2.39. The van der Waals surface area contributed by atoms with Gasteiger partial charge in [-0.05, 0) is 50.7 Å². The van der Waals surface area contributed by atoms with E-state index in [4.69, 9.17) is 4.74 Å². The van der Waals surface area contributed by atoms with E-state index in [-0.39, 0.29) is 29.2 Å². The highest BCUT2D eigenvalue weighted by Crippen LogP contribution is 2.47. The Labute approximate surface area is 161 Å². The molecule has 4 nitrogen and oxygen atoms in total. The minimum Gasteiger partial charge on any atom is -0.460 e. The van der Waals surface area contributed by atoms with E-state index in [9.17, 15) is 9.59 Å². The van der Waals surface area contributed by atoms with Gasteiger partial charge in [0, 0.05) is 29.3 Å². The number of esters is 1. The zero-order valence-corrected chi connectivity index (χ0v) is 17.1. The number of rotatable bonds is 3. The smallest absolute Gasteiger partial charge is 0.337 e. The van der Waals surface area contributed by atoms with Crippen LogP contribution in [0.2, 0.25) is 0 Å². The molecule has 0 saturated carbocycles. The molecule has 0 saturated heterocycles. The molecule has 1 aliphatic heterocycles. The highest BCUT2D eigenvalue weighted by molar-refractivity contribution is 6.04. The van der Waals surface area contributed by atoms with Crippen LogP contribution < -0.4 is 5.32 Å². The van der Waals surface area contributed by atoms with Crippen LogP contribution in [0, 0.1) is 12.3 Å². The molecule has 1 aromatic rings. The van der Waals surface area contributed by atoms with Crippen LogP contribution in [0.15, 0.2) is 46.8 Å². The molecule has 3 rings (SSSR count). The molecule has 1 atom stereocenters. The zero-order chi connectivity index (χ0) is 19.9. The minimum atomic E-state index is -0.378. The van der Waals surface area contributed by atoms with Crippen LogP contribution in [0.5, 0.6) is 0 Å². The van der Waals surface area contributed by atoms with E-state index in [0.29, 0.717) is 12.0 Å². The maximum absolute atomic E-state index is 13.2. The van der Waals surface area contributed by atoms with Crippen molar-refractivity contribution in [3.63, 3.8) is 0 Å². The van der Waals surface area contributed by atoms with Gasteiger partial charge in [0.1, 0.15) is 0 Å². The Bertz CT molecular complexity index is 858. The Morgan fingerprint density at radius 2 is 1.85 bits per heavy atom. The van der Waals surface area contributed by atoms with Crippen LogP contribution in [0.4, 0.5) is 0 Å². The number of hydrogen-bond acceptors (Lipinski definition) is 4. The molecular formula is C23H29NO3. The van der Waals surface area contributed by atoms with Crippen LogP contribution in [-0.4, -0.2) is 17.9 Å². The predicted octanol–water partition coefficient (Wildman–Crippen LogP) is 4.55. The van der Waals surface area contributed by atoms with Crippen LogP contribution in [-0.2, 0) is 14.3 Å². The van der Waals surface area contributed by atoms with E-state index in [1.165, 1.54) is 0 Å². The van der Waals surface area contributed by atoms with E-state index in [0.717, 1.165) is 34.5 Å². The average molecular weight is 367 g/mol. The summed E-state index contributed by atoms with van der Waals surface area (Å²) in [7, 11) is 0. The number of benzene rings is 1. The van der Waals surface area contributed by atoms with Gasteiger partial charge in [0.25, 0.3) is 0 Å². The normalized spacial score (nSPS) is 21.9. The van der Waals surface area contributed by atoms with Crippen molar-refractivity contribution in [3.05, 3.63) is 57.9 Å². The third-order valence-electron chi connectivity index (χ3n) is 5.30. The summed E-state index contributed by atoms with van der Waals surface area (Å²) in [5.41, 5.74) is 4.97. The van der Waals surface area contributed by atoms with Crippen molar-refractivity contribution in [2.24, 2.45) is 5.41 Å². The highest BCUT2D eigenvalue weighted by Gasteiger charge is 2.43. The number of Topliss-reactive ketones (excluding diaryl/α,β-unsaturated/α-hetero) is 1. The van der Waals surface area contributed by atoms with Crippen molar-refractivity contribution in [2.75, 3.05) is 0 Å². The third kappa shape index (κ3) is 3.71. The number of carbonyl (C=O) groups is 2. The number of nitrogens with one attached hydrogen (secondary N) is 1. The van der Waals surface area contributed by atoms with Gasteiger partial charge in [-0.2, -0.15) is 0 Å². The maximum atomic E-state index is 13.2. The molecule has 0 aromatic heterocycles. The minimum absolute atomic E-state index is 0.0879. The van der Waals surface area contributed by atoms with E-state index in [1.54, 1.807) is 0 Å². The van der Waals surface area contributed by atoms with E-state index in [2.05, 4.69) is 19.2 Å². The first-order valence-electron chi connectivity index (χ1n) is 9.61. The Morgan fingerprint density at radius 1 is 1.19 bits per heavy atom. The van der Waals surface area contributed by atoms with Crippen LogP contribution in [0.1, 0.15) is 64.5 Å². The largest absolute Gasteiger partial charge is 0.460 e. The van der Waals surface area contributed by atoms with Gasteiger partial charge in [0.05, 0.1) is 11.7 Å². The number of ether oxygens (including phenoxy) is 1. The van der Waals surface area contributed by atoms with Gasteiger partial charge in [-0.15, -0.1) is 0 Å². The van der Waals surface area contributed by atoms with Gasteiger partial charge in [0.15, 0.2) is 5.78 Å². The number of aryl methyl sites for hydroxylation is 1. The molecule has 4 heteroatoms. The number of ketones is 1. The summed E-state index contributed by atoms with van der Waals surface area (Å²) in [5.74, 6) is -0.617. The lowest BCUT2D eigenvalue weighted by atomic mass is 9.68. The molecule has 0 amide bonds. The van der Waals surface area contributed by atoms with Gasteiger partial charge in [0.2, 0.25) is 0 Å². The van der Waals surface area contributed by atoms with Gasteiger partial charge < -0.3 is 10.1 Å². The van der Waals surface area contributed by atoms with Gasteiger partial charge in [-0.1, -0.05) is 38.1 Å². The molecule has 144 valence electrons. The van der Waals surface area contributed by atoms with Crippen LogP contribution >= 0.6 is 0 Å². The Hall–Kier alpha value is -2.36. The fourth-order valence-electron chi connectivity index (χ4n) is 4.21. The summed E-state index contributed by atoms with van der Waals surface area (Å²) in [6.45, 7) is 11.8. The summed E-state index contributed by atoms with van der Waals surface area (Å²) >= 11 is 0. The quantitative estimate of drug-likeness (QED) is 0.796. The lowest BCUT2D eigenvalue weighted by molar-refractivity contribution is -0.143. The highest BCUT2D eigenvalue weighted by atomic mass is 16.5. The fraction of sp³-hybridized carbons (Fsp3) is 0.478. The van der Waals surface area contributed by atoms with E-state index in [1.807, 2.05) is 52.0 Å². The van der Waals surface area contributed by atoms with Gasteiger partial charge in [-0.25, -0.2) is 4.79 Å². The molecule has 1 N–H and O–H groups in total. The summed E-state index contributed by atoms with van der Waals surface area (Å²) in [6, 6.07) is 7.97. The lowest BCUT2D eigenvalue weighted by Gasteiger charge is -2.39. The van der Waals surface area contributed by atoms with Crippen molar-refractivity contribution in [1.29, 1.82) is 0 Å². The van der Waals surface area contributed by atoms with Crippen molar-refractivity contribution in [3.8, 4) is 0 Å². The molecule has 0 fully saturated rings. The Balaban J connectivity index is 2.19.